The monoisotopic (exact) mass is 543 g/mol. The Morgan fingerprint density at radius 3 is 2.38 bits per heavy atom. The Kier molecular flexibility index (Phi) is 8.02. The second kappa shape index (κ2) is 11.8. The van der Waals surface area contributed by atoms with Gasteiger partial charge >= 0.3 is 0 Å². The number of hydrogen-bond donors (Lipinski definition) is 2. The number of nitrogens with two attached hydrogens (primary N) is 1. The number of hydrogen-bond acceptors (Lipinski definition) is 7. The molecule has 0 radical (unpaired) electrons. The van der Waals surface area contributed by atoms with E-state index in [9.17, 15) is 4.79 Å². The van der Waals surface area contributed by atoms with Crippen molar-refractivity contribution in [1.82, 2.24) is 10.3 Å². The van der Waals surface area contributed by atoms with Crippen LogP contribution >= 0.6 is 11.3 Å². The molecule has 0 bridgehead atoms. The van der Waals surface area contributed by atoms with Crippen molar-refractivity contribution >= 4 is 33.1 Å². The van der Waals surface area contributed by atoms with Crippen molar-refractivity contribution in [2.24, 2.45) is 0 Å². The molecule has 2 heterocycles. The van der Waals surface area contributed by atoms with Crippen LogP contribution in [-0.4, -0.2) is 38.8 Å². The number of methoxy groups -OCH3 is 3. The van der Waals surface area contributed by atoms with E-state index in [2.05, 4.69) is 11.4 Å². The van der Waals surface area contributed by atoms with Gasteiger partial charge in [0.05, 0.1) is 32.7 Å². The number of amides is 1. The van der Waals surface area contributed by atoms with Crippen molar-refractivity contribution in [2.45, 2.75) is 32.1 Å². The quantitative estimate of drug-likeness (QED) is 0.224. The molecule has 7 nitrogen and oxygen atoms in total. The predicted octanol–water partition coefficient (Wildman–Crippen LogP) is 6.86. The second-order valence-electron chi connectivity index (χ2n) is 9.47. The van der Waals surface area contributed by atoms with Gasteiger partial charge in [0.15, 0.2) is 11.5 Å². The molecule has 1 aliphatic rings. The number of carbonyl (C=O) groups is 1. The van der Waals surface area contributed by atoms with Crippen LogP contribution in [0.1, 0.15) is 41.8 Å². The zero-order chi connectivity index (χ0) is 27.4. The van der Waals surface area contributed by atoms with Crippen LogP contribution in [0.5, 0.6) is 17.2 Å². The lowest BCUT2D eigenvalue weighted by molar-refractivity contribution is 0.0959. The minimum absolute atomic E-state index is 0.177. The summed E-state index contributed by atoms with van der Waals surface area (Å²) >= 11 is 1.31. The predicted molar refractivity (Wildman–Crippen MR) is 158 cm³/mol. The van der Waals surface area contributed by atoms with E-state index < -0.39 is 0 Å². The van der Waals surface area contributed by atoms with E-state index in [1.54, 1.807) is 21.3 Å². The van der Waals surface area contributed by atoms with E-state index in [-0.39, 0.29) is 5.91 Å². The summed E-state index contributed by atoms with van der Waals surface area (Å²) in [4.78, 5) is 19.4. The number of nitrogens with one attached hydrogen (secondary N) is 1. The minimum atomic E-state index is -0.177. The molecule has 0 aliphatic heterocycles. The number of pyridine rings is 1. The van der Waals surface area contributed by atoms with Gasteiger partial charge in [-0.2, -0.15) is 0 Å². The van der Waals surface area contributed by atoms with Crippen molar-refractivity contribution in [1.29, 1.82) is 0 Å². The van der Waals surface area contributed by atoms with Crippen LogP contribution in [0.4, 0.5) is 5.69 Å². The molecule has 1 amide bonds. The molecule has 202 valence electrons. The van der Waals surface area contributed by atoms with Gasteiger partial charge in [-0.1, -0.05) is 42.0 Å². The number of allylic oxidation sites excluding steroid dienone is 1. The summed E-state index contributed by atoms with van der Waals surface area (Å²) in [5.74, 6) is 1.39. The molecular weight excluding hydrogens is 510 g/mol. The molecule has 4 aromatic rings. The van der Waals surface area contributed by atoms with Crippen molar-refractivity contribution in [3.05, 3.63) is 65.1 Å². The SMILES string of the molecule is COc1cc(-c2cc(-c3ccccc3)nc3sc(C(=O)NCCC4=CCCCC4)c(N)c23)cc(OC)c1OC. The Balaban J connectivity index is 1.60. The van der Waals surface area contributed by atoms with E-state index in [1.807, 2.05) is 48.5 Å². The van der Waals surface area contributed by atoms with Gasteiger partial charge in [0.1, 0.15) is 9.71 Å². The van der Waals surface area contributed by atoms with Crippen molar-refractivity contribution in [3.8, 4) is 39.6 Å². The average molecular weight is 544 g/mol. The fraction of sp³-hybridized carbons (Fsp3) is 0.290. The summed E-state index contributed by atoms with van der Waals surface area (Å²) in [5.41, 5.74) is 11.9. The largest absolute Gasteiger partial charge is 0.493 e. The van der Waals surface area contributed by atoms with E-state index in [0.29, 0.717) is 39.2 Å². The summed E-state index contributed by atoms with van der Waals surface area (Å²) < 4.78 is 16.8. The lowest BCUT2D eigenvalue weighted by Crippen LogP contribution is -2.24. The van der Waals surface area contributed by atoms with E-state index in [0.717, 1.165) is 47.0 Å². The van der Waals surface area contributed by atoms with Gasteiger partial charge < -0.3 is 25.3 Å². The zero-order valence-electron chi connectivity index (χ0n) is 22.5. The fourth-order valence-corrected chi connectivity index (χ4v) is 6.10. The van der Waals surface area contributed by atoms with Crippen LogP contribution in [0.2, 0.25) is 0 Å². The summed E-state index contributed by atoms with van der Waals surface area (Å²) in [5, 5.41) is 3.80. The first-order chi connectivity index (χ1) is 19.0. The molecule has 2 aromatic carbocycles. The molecule has 39 heavy (non-hydrogen) atoms. The van der Waals surface area contributed by atoms with Crippen molar-refractivity contribution < 1.29 is 19.0 Å². The Morgan fingerprint density at radius 2 is 1.74 bits per heavy atom. The summed E-state index contributed by atoms with van der Waals surface area (Å²) in [7, 11) is 4.75. The number of benzene rings is 2. The number of nitrogen functional groups attached to an aromatic ring is 1. The number of ether oxygens (including phenoxy) is 3. The first-order valence-corrected chi connectivity index (χ1v) is 13.9. The molecule has 0 saturated heterocycles. The first-order valence-electron chi connectivity index (χ1n) is 13.1. The number of carbonyl (C=O) groups excluding carboxylic acids is 1. The Bertz CT molecular complexity index is 1500. The second-order valence-corrected chi connectivity index (χ2v) is 10.5. The molecule has 1 aliphatic carbocycles. The van der Waals surface area contributed by atoms with E-state index >= 15 is 0 Å². The van der Waals surface area contributed by atoms with Crippen LogP contribution in [0.15, 0.2) is 60.2 Å². The number of thiophene rings is 1. The third-order valence-corrected chi connectivity index (χ3v) is 8.17. The van der Waals surface area contributed by atoms with E-state index in [1.165, 1.54) is 29.8 Å². The van der Waals surface area contributed by atoms with Gasteiger partial charge in [0.25, 0.3) is 5.91 Å². The van der Waals surface area contributed by atoms with Crippen LogP contribution in [0.25, 0.3) is 32.6 Å². The van der Waals surface area contributed by atoms with Gasteiger partial charge in [0, 0.05) is 17.5 Å². The van der Waals surface area contributed by atoms with Crippen LogP contribution in [-0.2, 0) is 0 Å². The highest BCUT2D eigenvalue weighted by Crippen LogP contribution is 2.46. The molecule has 2 aromatic heterocycles. The lowest BCUT2D eigenvalue weighted by Gasteiger charge is -2.15. The number of rotatable bonds is 9. The van der Waals surface area contributed by atoms with Crippen molar-refractivity contribution in [2.75, 3.05) is 33.6 Å². The molecule has 3 N–H and O–H groups in total. The molecule has 0 unspecified atom stereocenters. The fourth-order valence-electron chi connectivity index (χ4n) is 5.06. The van der Waals surface area contributed by atoms with Gasteiger partial charge in [-0.05, 0) is 61.4 Å². The molecule has 0 saturated carbocycles. The third kappa shape index (κ3) is 5.43. The van der Waals surface area contributed by atoms with Crippen molar-refractivity contribution in [3.63, 3.8) is 0 Å². The topological polar surface area (TPSA) is 95.7 Å². The molecular formula is C31H33N3O4S. The summed E-state index contributed by atoms with van der Waals surface area (Å²) in [6.45, 7) is 0.584. The molecule has 8 heteroatoms. The highest BCUT2D eigenvalue weighted by Gasteiger charge is 2.23. The number of anilines is 1. The molecule has 0 fully saturated rings. The zero-order valence-corrected chi connectivity index (χ0v) is 23.3. The smallest absolute Gasteiger partial charge is 0.263 e. The summed E-state index contributed by atoms with van der Waals surface area (Å²) in [6.07, 6.45) is 7.89. The normalized spacial score (nSPS) is 13.2. The van der Waals surface area contributed by atoms with Crippen LogP contribution < -0.4 is 25.3 Å². The maximum atomic E-state index is 13.3. The maximum Gasteiger partial charge on any atom is 0.263 e. The Labute approximate surface area is 232 Å². The highest BCUT2D eigenvalue weighted by atomic mass is 32.1. The van der Waals surface area contributed by atoms with Crippen LogP contribution in [0, 0.1) is 0 Å². The van der Waals surface area contributed by atoms with Gasteiger partial charge in [-0.15, -0.1) is 11.3 Å². The standard InChI is InChI=1S/C31H33N3O4S/c1-36-24-16-21(17-25(37-2)28(24)38-3)22-18-23(20-12-8-5-9-13-20)34-31-26(22)27(32)29(39-31)30(35)33-15-14-19-10-6-4-7-11-19/h5,8-10,12-13,16-18H,4,6-7,11,14-15,32H2,1-3H3,(H,33,35). The Morgan fingerprint density at radius 1 is 1.00 bits per heavy atom. The van der Waals surface area contributed by atoms with E-state index in [4.69, 9.17) is 24.9 Å². The average Bonchev–Trinajstić information content (AvgIpc) is 3.33. The third-order valence-electron chi connectivity index (χ3n) is 7.07. The minimum Gasteiger partial charge on any atom is -0.493 e. The number of fused-ring (bicyclic) bond motifs is 1. The maximum absolute atomic E-state index is 13.3. The van der Waals surface area contributed by atoms with Crippen LogP contribution in [0.3, 0.4) is 0 Å². The number of nitrogens with zero attached hydrogens (tertiary/aromatic N) is 1. The van der Waals surface area contributed by atoms with Gasteiger partial charge in [-0.3, -0.25) is 4.79 Å². The van der Waals surface area contributed by atoms with Gasteiger partial charge in [-0.25, -0.2) is 4.98 Å². The first kappa shape index (κ1) is 26.6. The number of aromatic nitrogens is 1. The molecule has 0 atom stereocenters. The highest BCUT2D eigenvalue weighted by molar-refractivity contribution is 7.21. The molecule has 5 rings (SSSR count). The Hall–Kier alpha value is -4.04. The van der Waals surface area contributed by atoms with Gasteiger partial charge in [0.2, 0.25) is 5.75 Å². The summed E-state index contributed by atoms with van der Waals surface area (Å²) in [6, 6.07) is 15.7. The molecule has 0 spiro atoms. The lowest BCUT2D eigenvalue weighted by atomic mass is 9.97.